The molecule has 138 valence electrons. The van der Waals surface area contributed by atoms with Gasteiger partial charge in [-0.3, -0.25) is 4.79 Å². The van der Waals surface area contributed by atoms with E-state index in [1.165, 1.54) is 5.56 Å². The maximum absolute atomic E-state index is 12.1. The summed E-state index contributed by atoms with van der Waals surface area (Å²) >= 11 is 0. The summed E-state index contributed by atoms with van der Waals surface area (Å²) in [5.41, 5.74) is 3.34. The summed E-state index contributed by atoms with van der Waals surface area (Å²) in [4.78, 5) is 14.2. The largest absolute Gasteiger partial charge is 0.490 e. The normalized spacial score (nSPS) is 13.0. The number of carbonyl (C=O) groups excluding carboxylic acids is 1. The molecular weight excluding hydrogens is 328 g/mol. The lowest BCUT2D eigenvalue weighted by atomic mass is 10.1. The molecule has 0 unspecified atom stereocenters. The summed E-state index contributed by atoms with van der Waals surface area (Å²) in [6, 6.07) is 14.1. The van der Waals surface area contributed by atoms with Gasteiger partial charge in [0, 0.05) is 39.2 Å². The first-order chi connectivity index (χ1) is 12.6. The van der Waals surface area contributed by atoms with E-state index in [1.807, 2.05) is 32.3 Å². The number of carbonyl (C=O) groups is 1. The second-order valence-corrected chi connectivity index (χ2v) is 6.67. The van der Waals surface area contributed by atoms with Gasteiger partial charge in [-0.25, -0.2) is 0 Å². The van der Waals surface area contributed by atoms with E-state index in [0.29, 0.717) is 26.2 Å². The first-order valence-corrected chi connectivity index (χ1v) is 9.03. The quantitative estimate of drug-likeness (QED) is 0.866. The summed E-state index contributed by atoms with van der Waals surface area (Å²) in [6.45, 7) is 1.84. The molecule has 0 spiro atoms. The van der Waals surface area contributed by atoms with Crippen LogP contribution in [0.4, 0.5) is 5.69 Å². The minimum absolute atomic E-state index is 0.0498. The van der Waals surface area contributed by atoms with Gasteiger partial charge in [-0.05, 0) is 41.8 Å². The van der Waals surface area contributed by atoms with Gasteiger partial charge in [-0.2, -0.15) is 0 Å². The number of hydrogen-bond donors (Lipinski definition) is 1. The monoisotopic (exact) mass is 354 g/mol. The van der Waals surface area contributed by atoms with Crippen LogP contribution < -0.4 is 19.7 Å². The van der Waals surface area contributed by atoms with Crippen molar-refractivity contribution in [1.82, 2.24) is 5.32 Å². The summed E-state index contributed by atoms with van der Waals surface area (Å²) in [6.07, 6.45) is 2.10. The Bertz CT molecular complexity index is 741. The van der Waals surface area contributed by atoms with Crippen molar-refractivity contribution < 1.29 is 14.3 Å². The van der Waals surface area contributed by atoms with Crippen LogP contribution in [-0.4, -0.2) is 33.2 Å². The summed E-state index contributed by atoms with van der Waals surface area (Å²) in [7, 11) is 4.03. The molecule has 1 aliphatic heterocycles. The second kappa shape index (κ2) is 8.61. The van der Waals surface area contributed by atoms with Crippen molar-refractivity contribution in [3.05, 3.63) is 53.6 Å². The fraction of sp³-hybridized carbons (Fsp3) is 0.381. The van der Waals surface area contributed by atoms with Gasteiger partial charge in [0.25, 0.3) is 0 Å². The van der Waals surface area contributed by atoms with Crippen molar-refractivity contribution in [2.75, 3.05) is 32.2 Å². The molecule has 26 heavy (non-hydrogen) atoms. The van der Waals surface area contributed by atoms with E-state index in [-0.39, 0.29) is 5.91 Å². The molecule has 0 saturated carbocycles. The number of ether oxygens (including phenoxy) is 2. The molecule has 0 radical (unpaired) electrons. The molecule has 1 N–H and O–H groups in total. The maximum Gasteiger partial charge on any atom is 0.220 e. The summed E-state index contributed by atoms with van der Waals surface area (Å²) in [5.74, 6) is 1.59. The van der Waals surface area contributed by atoms with Crippen LogP contribution >= 0.6 is 0 Å². The van der Waals surface area contributed by atoms with Gasteiger partial charge < -0.3 is 19.7 Å². The third-order valence-electron chi connectivity index (χ3n) is 4.40. The van der Waals surface area contributed by atoms with E-state index >= 15 is 0 Å². The van der Waals surface area contributed by atoms with E-state index in [9.17, 15) is 4.79 Å². The SMILES string of the molecule is CN(C)c1ccc(CCC(=O)NCc2ccc3c(c2)OCCCO3)cc1. The smallest absolute Gasteiger partial charge is 0.220 e. The predicted octanol–water partition coefficient (Wildman–Crippen LogP) is 3.16. The molecule has 5 heteroatoms. The Morgan fingerprint density at radius 1 is 1.00 bits per heavy atom. The van der Waals surface area contributed by atoms with E-state index < -0.39 is 0 Å². The summed E-state index contributed by atoms with van der Waals surface area (Å²) in [5, 5.41) is 2.98. The van der Waals surface area contributed by atoms with Crippen molar-refractivity contribution >= 4 is 11.6 Å². The third kappa shape index (κ3) is 4.91. The zero-order valence-electron chi connectivity index (χ0n) is 15.5. The van der Waals surface area contributed by atoms with Crippen molar-refractivity contribution in [2.45, 2.75) is 25.8 Å². The number of rotatable bonds is 6. The molecule has 1 amide bonds. The van der Waals surface area contributed by atoms with Gasteiger partial charge in [-0.15, -0.1) is 0 Å². The van der Waals surface area contributed by atoms with E-state index in [1.54, 1.807) is 0 Å². The van der Waals surface area contributed by atoms with Gasteiger partial charge >= 0.3 is 0 Å². The highest BCUT2D eigenvalue weighted by Gasteiger charge is 2.11. The molecule has 0 aliphatic carbocycles. The lowest BCUT2D eigenvalue weighted by Crippen LogP contribution is -2.23. The van der Waals surface area contributed by atoms with Crippen LogP contribution in [0, 0.1) is 0 Å². The fourth-order valence-electron chi connectivity index (χ4n) is 2.83. The molecular formula is C21H26N2O3. The van der Waals surface area contributed by atoms with E-state index in [4.69, 9.17) is 9.47 Å². The van der Waals surface area contributed by atoms with Crippen molar-refractivity contribution in [2.24, 2.45) is 0 Å². The van der Waals surface area contributed by atoms with E-state index in [2.05, 4.69) is 34.5 Å². The zero-order valence-corrected chi connectivity index (χ0v) is 15.5. The minimum Gasteiger partial charge on any atom is -0.490 e. The van der Waals surface area contributed by atoms with Crippen molar-refractivity contribution in [3.63, 3.8) is 0 Å². The number of benzene rings is 2. The molecule has 0 aromatic heterocycles. The average Bonchev–Trinajstić information content (AvgIpc) is 2.90. The lowest BCUT2D eigenvalue weighted by molar-refractivity contribution is -0.121. The third-order valence-corrected chi connectivity index (χ3v) is 4.40. The van der Waals surface area contributed by atoms with Gasteiger partial charge in [0.05, 0.1) is 13.2 Å². The molecule has 0 saturated heterocycles. The topological polar surface area (TPSA) is 50.8 Å². The standard InChI is InChI=1S/C21H26N2O3/c1-23(2)18-8-4-16(5-9-18)7-11-21(24)22-15-17-6-10-19-20(14-17)26-13-3-12-25-19/h4-6,8-10,14H,3,7,11-13,15H2,1-2H3,(H,22,24). The Morgan fingerprint density at radius 3 is 2.42 bits per heavy atom. The zero-order chi connectivity index (χ0) is 18.4. The van der Waals surface area contributed by atoms with Crippen LogP contribution in [-0.2, 0) is 17.8 Å². The highest BCUT2D eigenvalue weighted by atomic mass is 16.5. The molecule has 0 fully saturated rings. The number of anilines is 1. The van der Waals surface area contributed by atoms with Crippen LogP contribution in [0.2, 0.25) is 0 Å². The minimum atomic E-state index is 0.0498. The number of fused-ring (bicyclic) bond motifs is 1. The lowest BCUT2D eigenvalue weighted by Gasteiger charge is -2.12. The van der Waals surface area contributed by atoms with E-state index in [0.717, 1.165) is 35.6 Å². The molecule has 1 heterocycles. The number of nitrogens with one attached hydrogen (secondary N) is 1. The van der Waals surface area contributed by atoms with Crippen LogP contribution in [0.15, 0.2) is 42.5 Å². The Labute approximate surface area is 154 Å². The fourth-order valence-corrected chi connectivity index (χ4v) is 2.83. The van der Waals surface area contributed by atoms with Crippen LogP contribution in [0.5, 0.6) is 11.5 Å². The molecule has 5 nitrogen and oxygen atoms in total. The highest BCUT2D eigenvalue weighted by molar-refractivity contribution is 5.76. The average molecular weight is 354 g/mol. The predicted molar refractivity (Wildman–Crippen MR) is 103 cm³/mol. The van der Waals surface area contributed by atoms with Crippen molar-refractivity contribution in [1.29, 1.82) is 0 Å². The Morgan fingerprint density at radius 2 is 1.69 bits per heavy atom. The number of amides is 1. The van der Waals surface area contributed by atoms with Gasteiger partial charge in [0.2, 0.25) is 5.91 Å². The Hall–Kier alpha value is -2.69. The molecule has 0 bridgehead atoms. The first kappa shape index (κ1) is 18.1. The van der Waals surface area contributed by atoms with Crippen LogP contribution in [0.1, 0.15) is 24.0 Å². The van der Waals surface area contributed by atoms with Crippen molar-refractivity contribution in [3.8, 4) is 11.5 Å². The first-order valence-electron chi connectivity index (χ1n) is 9.03. The van der Waals surface area contributed by atoms with Crippen LogP contribution in [0.3, 0.4) is 0 Å². The Kier molecular flexibility index (Phi) is 6.00. The van der Waals surface area contributed by atoms with Gasteiger partial charge in [0.1, 0.15) is 0 Å². The highest BCUT2D eigenvalue weighted by Crippen LogP contribution is 2.30. The Balaban J connectivity index is 1.47. The molecule has 2 aromatic carbocycles. The second-order valence-electron chi connectivity index (χ2n) is 6.67. The van der Waals surface area contributed by atoms with Crippen LogP contribution in [0.25, 0.3) is 0 Å². The number of aryl methyl sites for hydroxylation is 1. The molecule has 2 aromatic rings. The number of hydrogen-bond acceptors (Lipinski definition) is 4. The molecule has 1 aliphatic rings. The van der Waals surface area contributed by atoms with Gasteiger partial charge in [0.15, 0.2) is 11.5 Å². The molecule has 0 atom stereocenters. The van der Waals surface area contributed by atoms with Gasteiger partial charge in [-0.1, -0.05) is 18.2 Å². The molecule has 3 rings (SSSR count). The summed E-state index contributed by atoms with van der Waals surface area (Å²) < 4.78 is 11.3. The number of nitrogens with zero attached hydrogens (tertiary/aromatic N) is 1. The maximum atomic E-state index is 12.1.